The Kier molecular flexibility index (Phi) is 3.80. The van der Waals surface area contributed by atoms with E-state index in [9.17, 15) is 4.79 Å². The summed E-state index contributed by atoms with van der Waals surface area (Å²) in [5.74, 6) is -0.0280. The highest BCUT2D eigenvalue weighted by Gasteiger charge is 2.23. The molecule has 0 radical (unpaired) electrons. The molecule has 4 nitrogen and oxygen atoms in total. The number of likely N-dealkylation sites (N-methyl/N-ethyl adjacent to an activating group) is 1. The zero-order valence-electron chi connectivity index (χ0n) is 11.4. The van der Waals surface area contributed by atoms with E-state index in [-0.39, 0.29) is 5.91 Å². The van der Waals surface area contributed by atoms with Gasteiger partial charge in [-0.2, -0.15) is 0 Å². The zero-order valence-corrected chi connectivity index (χ0v) is 12.2. The first-order valence-electron chi connectivity index (χ1n) is 6.70. The Balaban J connectivity index is 1.63. The lowest BCUT2D eigenvalue weighted by molar-refractivity contribution is 0.0938. The van der Waals surface area contributed by atoms with E-state index in [4.69, 9.17) is 0 Å². The van der Waals surface area contributed by atoms with Crippen LogP contribution in [-0.4, -0.2) is 34.8 Å². The molecule has 1 aliphatic rings. The molecule has 0 spiro atoms. The second kappa shape index (κ2) is 5.73. The number of nitrogens with zero attached hydrogens (tertiary/aromatic N) is 2. The second-order valence-corrected chi connectivity index (χ2v) is 5.96. The maximum absolute atomic E-state index is 11.9. The third-order valence-electron chi connectivity index (χ3n) is 3.78. The summed E-state index contributed by atoms with van der Waals surface area (Å²) in [4.78, 5) is 14.9. The minimum Gasteiger partial charge on any atom is -0.350 e. The molecule has 2 heterocycles. The first kappa shape index (κ1) is 13.3. The van der Waals surface area contributed by atoms with Gasteiger partial charge >= 0.3 is 0 Å². The minimum atomic E-state index is -0.0280. The van der Waals surface area contributed by atoms with Crippen LogP contribution in [0, 0.1) is 0 Å². The van der Waals surface area contributed by atoms with Crippen LogP contribution in [0.1, 0.15) is 20.8 Å². The fourth-order valence-electron chi connectivity index (χ4n) is 2.58. The Bertz CT molecular complexity index is 597. The van der Waals surface area contributed by atoms with Gasteiger partial charge < -0.3 is 5.32 Å². The van der Waals surface area contributed by atoms with Gasteiger partial charge in [0, 0.05) is 25.3 Å². The number of nitrogens with one attached hydrogen (secondary N) is 1. The summed E-state index contributed by atoms with van der Waals surface area (Å²) in [6, 6.07) is 10.6. The van der Waals surface area contributed by atoms with Crippen molar-refractivity contribution in [1.29, 1.82) is 0 Å². The summed E-state index contributed by atoms with van der Waals surface area (Å²) in [6.45, 7) is 1.61. The molecule has 1 aliphatic heterocycles. The molecule has 1 unspecified atom stereocenters. The van der Waals surface area contributed by atoms with Gasteiger partial charge in [0.05, 0.1) is 0 Å². The van der Waals surface area contributed by atoms with E-state index in [0.717, 1.165) is 13.0 Å². The number of hydrogen-bond acceptors (Lipinski definition) is 4. The molecule has 0 saturated heterocycles. The molecule has 1 amide bonds. The van der Waals surface area contributed by atoms with Gasteiger partial charge in [-0.3, -0.25) is 9.69 Å². The molecule has 1 aromatic carbocycles. The topological polar surface area (TPSA) is 45.2 Å². The van der Waals surface area contributed by atoms with Gasteiger partial charge in [0.2, 0.25) is 0 Å². The molecule has 5 heteroatoms. The molecule has 0 fully saturated rings. The molecular weight excluding hydrogens is 270 g/mol. The number of fused-ring (bicyclic) bond motifs is 1. The van der Waals surface area contributed by atoms with Crippen LogP contribution < -0.4 is 5.32 Å². The zero-order chi connectivity index (χ0) is 13.9. The van der Waals surface area contributed by atoms with Gasteiger partial charge in [0.25, 0.3) is 5.91 Å². The van der Waals surface area contributed by atoms with Crippen molar-refractivity contribution in [3.8, 4) is 0 Å². The second-order valence-electron chi connectivity index (χ2n) is 5.13. The lowest BCUT2D eigenvalue weighted by Crippen LogP contribution is -2.45. The van der Waals surface area contributed by atoms with Crippen molar-refractivity contribution in [2.24, 2.45) is 0 Å². The van der Waals surface area contributed by atoms with Crippen molar-refractivity contribution >= 4 is 17.4 Å². The van der Waals surface area contributed by atoms with Gasteiger partial charge in [-0.05, 0) is 42.2 Å². The maximum atomic E-state index is 11.9. The van der Waals surface area contributed by atoms with Gasteiger partial charge in [-0.1, -0.05) is 24.3 Å². The third kappa shape index (κ3) is 2.73. The van der Waals surface area contributed by atoms with Crippen LogP contribution >= 0.6 is 11.5 Å². The standard InChI is InChI=1S/C15H17N3OS/c1-18-10-12-5-3-2-4-11(12)8-13(18)9-16-15(19)14-6-7-17-20-14/h2-7,13H,8-10H2,1H3,(H,16,19). The molecule has 104 valence electrons. The first-order chi connectivity index (χ1) is 9.74. The van der Waals surface area contributed by atoms with E-state index >= 15 is 0 Å². The number of aromatic nitrogens is 1. The van der Waals surface area contributed by atoms with Crippen molar-refractivity contribution in [2.75, 3.05) is 13.6 Å². The molecule has 2 aromatic rings. The summed E-state index contributed by atoms with van der Waals surface area (Å²) < 4.78 is 3.95. The third-order valence-corrected chi connectivity index (χ3v) is 4.52. The van der Waals surface area contributed by atoms with E-state index in [0.29, 0.717) is 17.5 Å². The molecule has 1 N–H and O–H groups in total. The molecule has 0 saturated carbocycles. The van der Waals surface area contributed by atoms with Gasteiger partial charge in [0.1, 0.15) is 4.88 Å². The Labute approximate surface area is 122 Å². The van der Waals surface area contributed by atoms with E-state index < -0.39 is 0 Å². The fourth-order valence-corrected chi connectivity index (χ4v) is 3.09. The Hall–Kier alpha value is -1.72. The van der Waals surface area contributed by atoms with Crippen molar-refractivity contribution in [1.82, 2.24) is 14.6 Å². The molecule has 0 aliphatic carbocycles. The van der Waals surface area contributed by atoms with Gasteiger partial charge in [0.15, 0.2) is 0 Å². The van der Waals surface area contributed by atoms with Crippen LogP contribution in [0.5, 0.6) is 0 Å². The molecule has 0 bridgehead atoms. The van der Waals surface area contributed by atoms with E-state index in [2.05, 4.69) is 45.9 Å². The number of amides is 1. The highest BCUT2D eigenvalue weighted by molar-refractivity contribution is 7.08. The van der Waals surface area contributed by atoms with Crippen molar-refractivity contribution in [2.45, 2.75) is 19.0 Å². The SMILES string of the molecule is CN1Cc2ccccc2CC1CNC(=O)c1ccns1. The van der Waals surface area contributed by atoms with E-state index in [1.54, 1.807) is 12.3 Å². The number of carbonyl (C=O) groups excluding carboxylic acids is 1. The van der Waals surface area contributed by atoms with Crippen molar-refractivity contribution in [3.63, 3.8) is 0 Å². The number of rotatable bonds is 3. The van der Waals surface area contributed by atoms with Crippen molar-refractivity contribution < 1.29 is 4.79 Å². The van der Waals surface area contributed by atoms with E-state index in [1.807, 2.05) is 0 Å². The predicted molar refractivity (Wildman–Crippen MR) is 79.8 cm³/mol. The summed E-state index contributed by atoms with van der Waals surface area (Å²) in [5, 5.41) is 3.01. The van der Waals surface area contributed by atoms with E-state index in [1.165, 1.54) is 22.7 Å². The Morgan fingerprint density at radius 1 is 1.40 bits per heavy atom. The summed E-state index contributed by atoms with van der Waals surface area (Å²) in [5.41, 5.74) is 2.78. The molecule has 1 aromatic heterocycles. The largest absolute Gasteiger partial charge is 0.350 e. The average Bonchev–Trinajstić information content (AvgIpc) is 2.99. The highest BCUT2D eigenvalue weighted by Crippen LogP contribution is 2.21. The lowest BCUT2D eigenvalue weighted by atomic mass is 9.94. The monoisotopic (exact) mass is 287 g/mol. The Morgan fingerprint density at radius 3 is 2.95 bits per heavy atom. The van der Waals surface area contributed by atoms with Crippen molar-refractivity contribution in [3.05, 3.63) is 52.5 Å². The number of hydrogen-bond donors (Lipinski definition) is 1. The van der Waals surface area contributed by atoms with Crippen LogP contribution in [0.25, 0.3) is 0 Å². The van der Waals surface area contributed by atoms with Crippen LogP contribution in [0.2, 0.25) is 0 Å². The summed E-state index contributed by atoms with van der Waals surface area (Å²) in [7, 11) is 2.11. The maximum Gasteiger partial charge on any atom is 0.263 e. The van der Waals surface area contributed by atoms with Gasteiger partial charge in [-0.25, -0.2) is 4.37 Å². The summed E-state index contributed by atoms with van der Waals surface area (Å²) >= 11 is 1.23. The summed E-state index contributed by atoms with van der Waals surface area (Å²) in [6.07, 6.45) is 2.64. The van der Waals surface area contributed by atoms with Crippen LogP contribution in [0.15, 0.2) is 36.5 Å². The highest BCUT2D eigenvalue weighted by atomic mass is 32.1. The van der Waals surface area contributed by atoms with Gasteiger partial charge in [-0.15, -0.1) is 0 Å². The van der Waals surface area contributed by atoms with Crippen LogP contribution in [0.4, 0.5) is 0 Å². The molecule has 3 rings (SSSR count). The molecular formula is C15H17N3OS. The lowest BCUT2D eigenvalue weighted by Gasteiger charge is -2.34. The average molecular weight is 287 g/mol. The predicted octanol–water partition coefficient (Wildman–Crippen LogP) is 1.93. The number of carbonyl (C=O) groups is 1. The molecule has 1 atom stereocenters. The first-order valence-corrected chi connectivity index (χ1v) is 7.47. The smallest absolute Gasteiger partial charge is 0.263 e. The minimum absolute atomic E-state index is 0.0280. The number of benzene rings is 1. The normalized spacial score (nSPS) is 18.6. The van der Waals surface area contributed by atoms with Crippen LogP contribution in [-0.2, 0) is 13.0 Å². The fraction of sp³-hybridized carbons (Fsp3) is 0.333. The Morgan fingerprint density at radius 2 is 2.20 bits per heavy atom. The quantitative estimate of drug-likeness (QED) is 0.938. The molecule has 20 heavy (non-hydrogen) atoms. The van der Waals surface area contributed by atoms with Crippen LogP contribution in [0.3, 0.4) is 0 Å².